The van der Waals surface area contributed by atoms with Crippen molar-refractivity contribution in [3.63, 3.8) is 0 Å². The van der Waals surface area contributed by atoms with E-state index in [0.29, 0.717) is 21.8 Å². The molecule has 0 spiro atoms. The van der Waals surface area contributed by atoms with E-state index in [1.54, 1.807) is 0 Å². The molecule has 0 fully saturated rings. The van der Waals surface area contributed by atoms with Gasteiger partial charge in [0.25, 0.3) is 0 Å². The molecule has 54 valence electrons. The summed E-state index contributed by atoms with van der Waals surface area (Å²) in [5, 5.41) is 0. The van der Waals surface area contributed by atoms with Gasteiger partial charge in [-0.05, 0) is 0 Å². The summed E-state index contributed by atoms with van der Waals surface area (Å²) in [7, 11) is 1.48. The summed E-state index contributed by atoms with van der Waals surface area (Å²) < 4.78 is 0. The van der Waals surface area contributed by atoms with E-state index in [-0.39, 0.29) is 0 Å². The summed E-state index contributed by atoms with van der Waals surface area (Å²) in [6, 6.07) is 0. The molecule has 0 saturated carbocycles. The summed E-state index contributed by atoms with van der Waals surface area (Å²) in [5.74, 6) is 1.09. The Hall–Kier alpha value is 2.09. The molecule has 0 aliphatic carbocycles. The van der Waals surface area contributed by atoms with Gasteiger partial charge in [-0.3, -0.25) is 0 Å². The van der Waals surface area contributed by atoms with Gasteiger partial charge in [-0.1, -0.05) is 0 Å². The van der Waals surface area contributed by atoms with Gasteiger partial charge in [0.15, 0.2) is 0 Å². The van der Waals surface area contributed by atoms with Gasteiger partial charge in [0.05, 0.1) is 0 Å². The van der Waals surface area contributed by atoms with E-state index in [9.17, 15) is 0 Å². The SMILES string of the molecule is OP(O)(S#P=S)=[SH]#P=S. The first-order valence-electron chi connectivity index (χ1n) is 1.53. The monoisotopic (exact) mass is 256 g/mol. The molecule has 0 rings (SSSR count). The van der Waals surface area contributed by atoms with Crippen LogP contribution in [-0.4, -0.2) is 9.79 Å². The fraction of sp³-hybridized carbons (Fsp3) is 0. The third-order valence-corrected chi connectivity index (χ3v) is 15.7. The Kier molecular flexibility index (Phi) is 7.03. The summed E-state index contributed by atoms with van der Waals surface area (Å²) in [4.78, 5) is 18.0. The number of hydrogen-bond donors (Lipinski definition) is 3. The summed E-state index contributed by atoms with van der Waals surface area (Å²) >= 11 is 9.05. The summed E-state index contributed by atoms with van der Waals surface area (Å²) in [5.41, 5.74) is -2.79. The molecule has 2 N–H and O–H groups in total. The molecular formula is H3O2P3S4. The molecule has 0 saturated heterocycles. The number of hydrogen-bond acceptors (Lipinski definition) is 2. The van der Waals surface area contributed by atoms with E-state index in [1.165, 1.54) is 0 Å². The van der Waals surface area contributed by atoms with Crippen LogP contribution in [0.15, 0.2) is 0 Å². The Morgan fingerprint density at radius 1 is 1.44 bits per heavy atom. The minimum atomic E-state index is -2.79. The van der Waals surface area contributed by atoms with Crippen LogP contribution in [0, 0.1) is 0 Å². The molecule has 0 aromatic carbocycles. The van der Waals surface area contributed by atoms with Gasteiger partial charge in [0.2, 0.25) is 0 Å². The first-order valence-corrected chi connectivity index (χ1v) is 11.4. The number of thiol groups is 1. The minimum absolute atomic E-state index is 0.502. The van der Waals surface area contributed by atoms with Crippen LogP contribution in [0.5, 0.6) is 0 Å². The van der Waals surface area contributed by atoms with E-state index in [1.807, 2.05) is 0 Å². The van der Waals surface area contributed by atoms with Crippen molar-refractivity contribution in [2.24, 2.45) is 0 Å². The van der Waals surface area contributed by atoms with Crippen LogP contribution in [-0.2, 0) is 33.5 Å². The van der Waals surface area contributed by atoms with Crippen LogP contribution in [0.1, 0.15) is 0 Å². The first kappa shape index (κ1) is 11.1. The molecule has 2 nitrogen and oxygen atoms in total. The molecule has 0 aliphatic rings. The zero-order valence-electron chi connectivity index (χ0n) is 3.91. The Morgan fingerprint density at radius 2 is 2.00 bits per heavy atom. The van der Waals surface area contributed by atoms with Crippen molar-refractivity contribution in [1.29, 1.82) is 0 Å². The van der Waals surface area contributed by atoms with Gasteiger partial charge in [-0.15, -0.1) is 0 Å². The van der Waals surface area contributed by atoms with Gasteiger partial charge in [-0.2, -0.15) is 0 Å². The molecule has 0 amide bonds. The fourth-order valence-electron chi connectivity index (χ4n) is 0.109. The maximum absolute atomic E-state index is 8.98. The Labute approximate surface area is 71.0 Å². The van der Waals surface area contributed by atoms with Crippen molar-refractivity contribution in [3.8, 4) is 0 Å². The predicted molar refractivity (Wildman–Crippen MR) is 56.3 cm³/mol. The number of rotatable bonds is 0. The standard InChI is InChI=1S/H3O2P3S4/c1-5(2,8-3-6)9-4-7/h1-2,8H. The average Bonchev–Trinajstić information content (AvgIpc) is 1.64. The molecule has 0 aromatic heterocycles. The predicted octanol–water partition coefficient (Wildman–Crippen LogP) is 1.84. The van der Waals surface area contributed by atoms with Gasteiger partial charge in [-0.25, -0.2) is 0 Å². The molecule has 0 bridgehead atoms. The summed E-state index contributed by atoms with van der Waals surface area (Å²) in [6.45, 7) is 0. The first-order chi connectivity index (χ1) is 4.12. The molecule has 0 unspecified atom stereocenters. The van der Waals surface area contributed by atoms with E-state index in [2.05, 4.69) is 23.6 Å². The van der Waals surface area contributed by atoms with Gasteiger partial charge in [0.1, 0.15) is 0 Å². The van der Waals surface area contributed by atoms with Crippen molar-refractivity contribution in [2.45, 2.75) is 0 Å². The van der Waals surface area contributed by atoms with Crippen LogP contribution >= 0.6 is 27.9 Å². The third kappa shape index (κ3) is 6.49. The van der Waals surface area contributed by atoms with Crippen molar-refractivity contribution in [2.75, 3.05) is 0 Å². The van der Waals surface area contributed by atoms with Crippen molar-refractivity contribution >= 4 is 61.4 Å². The zero-order chi connectivity index (χ0) is 7.33. The molecule has 9 heteroatoms. The Morgan fingerprint density at radius 3 is 2.33 bits per heavy atom. The third-order valence-electron chi connectivity index (χ3n) is 0.296. The van der Waals surface area contributed by atoms with Gasteiger partial charge >= 0.3 is 71.2 Å². The second kappa shape index (κ2) is 5.70. The topological polar surface area (TPSA) is 40.5 Å². The van der Waals surface area contributed by atoms with E-state index < -0.39 is 5.69 Å². The zero-order valence-corrected chi connectivity index (χ0v) is 9.94. The van der Waals surface area contributed by atoms with Crippen molar-refractivity contribution in [1.82, 2.24) is 0 Å². The molecule has 0 aliphatic heterocycles. The van der Waals surface area contributed by atoms with Crippen LogP contribution in [0.3, 0.4) is 0 Å². The van der Waals surface area contributed by atoms with Gasteiger partial charge < -0.3 is 0 Å². The Bertz CT molecular complexity index is 353. The van der Waals surface area contributed by atoms with Crippen LogP contribution < -0.4 is 0 Å². The molecular weight excluding hydrogens is 253 g/mol. The quantitative estimate of drug-likeness (QED) is 0.457. The molecule has 9 heavy (non-hydrogen) atoms. The second-order valence-electron chi connectivity index (χ2n) is 0.841. The molecule has 0 heterocycles. The summed E-state index contributed by atoms with van der Waals surface area (Å²) in [6.07, 6.45) is 0. The normalized spacial score (nSPS) is 10.0. The van der Waals surface area contributed by atoms with E-state index >= 15 is 0 Å². The molecule has 0 atom stereocenters. The average molecular weight is 256 g/mol. The van der Waals surface area contributed by atoms with Crippen LogP contribution in [0.25, 0.3) is 0 Å². The maximum atomic E-state index is 8.98. The molecule has 0 aromatic rings. The van der Waals surface area contributed by atoms with Crippen LogP contribution in [0.2, 0.25) is 0 Å². The van der Waals surface area contributed by atoms with Crippen LogP contribution in [0.4, 0.5) is 0 Å². The van der Waals surface area contributed by atoms with Crippen molar-refractivity contribution < 1.29 is 9.79 Å². The van der Waals surface area contributed by atoms with E-state index in [0.717, 1.165) is 10.4 Å². The Balaban J connectivity index is 5.44. The fourth-order valence-corrected chi connectivity index (χ4v) is 16.3. The van der Waals surface area contributed by atoms with Gasteiger partial charge in [0, 0.05) is 0 Å². The second-order valence-corrected chi connectivity index (χ2v) is 14.4. The van der Waals surface area contributed by atoms with E-state index in [4.69, 9.17) is 9.79 Å². The van der Waals surface area contributed by atoms with Crippen molar-refractivity contribution in [3.05, 3.63) is 0 Å². The molecule has 0 radical (unpaired) electrons.